The predicted octanol–water partition coefficient (Wildman–Crippen LogP) is 3.00. The topological polar surface area (TPSA) is 64.1 Å². The Morgan fingerprint density at radius 1 is 1.24 bits per heavy atom. The highest BCUT2D eigenvalue weighted by Gasteiger charge is 2.11. The summed E-state index contributed by atoms with van der Waals surface area (Å²) < 4.78 is 39.5. The fourth-order valence-corrected chi connectivity index (χ4v) is 2.02. The van der Waals surface area contributed by atoms with Crippen LogP contribution in [0.3, 0.4) is 0 Å². The van der Waals surface area contributed by atoms with Crippen molar-refractivity contribution in [3.8, 4) is 11.5 Å². The van der Waals surface area contributed by atoms with Crippen LogP contribution < -0.4 is 20.1 Å². The van der Waals surface area contributed by atoms with E-state index in [1.165, 1.54) is 13.2 Å². The first kappa shape index (κ1) is 23.6. The van der Waals surface area contributed by atoms with Gasteiger partial charge in [-0.25, -0.2) is 4.99 Å². The number of methoxy groups -OCH3 is 2. The minimum absolute atomic E-state index is 0. The van der Waals surface area contributed by atoms with Gasteiger partial charge in [-0.05, 0) is 31.5 Å². The van der Waals surface area contributed by atoms with Crippen molar-refractivity contribution in [3.05, 3.63) is 23.8 Å². The minimum Gasteiger partial charge on any atom is -0.493 e. The largest absolute Gasteiger partial charge is 0.493 e. The molecule has 1 atom stereocenters. The fraction of sp³-hybridized carbons (Fsp3) is 0.562. The number of alkyl halides is 2. The smallest absolute Gasteiger partial charge is 0.387 e. The Bertz CT molecular complexity index is 533. The van der Waals surface area contributed by atoms with E-state index in [9.17, 15) is 8.78 Å². The predicted molar refractivity (Wildman–Crippen MR) is 104 cm³/mol. The SMILES string of the molecule is CCNC(=NCc1ccc(OC)c(OC(F)F)c1)NC(C)COC.I. The number of hydrogen-bond donors (Lipinski definition) is 2. The highest BCUT2D eigenvalue weighted by Crippen LogP contribution is 2.29. The number of nitrogens with zero attached hydrogens (tertiary/aromatic N) is 1. The quantitative estimate of drug-likeness (QED) is 0.328. The number of aliphatic imine (C=N–C) groups is 1. The van der Waals surface area contributed by atoms with Crippen molar-refractivity contribution in [2.24, 2.45) is 4.99 Å². The lowest BCUT2D eigenvalue weighted by Crippen LogP contribution is -2.43. The summed E-state index contributed by atoms with van der Waals surface area (Å²) >= 11 is 0. The molecule has 1 aromatic rings. The van der Waals surface area contributed by atoms with Gasteiger partial charge in [0.2, 0.25) is 0 Å². The molecule has 1 unspecified atom stereocenters. The van der Waals surface area contributed by atoms with Gasteiger partial charge in [-0.15, -0.1) is 24.0 Å². The van der Waals surface area contributed by atoms with E-state index in [1.807, 2.05) is 13.8 Å². The van der Waals surface area contributed by atoms with Gasteiger partial charge in [0, 0.05) is 19.7 Å². The van der Waals surface area contributed by atoms with Crippen LogP contribution in [0.15, 0.2) is 23.2 Å². The third-order valence-corrected chi connectivity index (χ3v) is 3.01. The second-order valence-electron chi connectivity index (χ2n) is 5.06. The molecule has 0 heterocycles. The Kier molecular flexibility index (Phi) is 12.2. The fourth-order valence-electron chi connectivity index (χ4n) is 2.02. The van der Waals surface area contributed by atoms with Crippen LogP contribution in [0.5, 0.6) is 11.5 Å². The van der Waals surface area contributed by atoms with Crippen molar-refractivity contribution in [2.75, 3.05) is 27.4 Å². The van der Waals surface area contributed by atoms with Gasteiger partial charge >= 0.3 is 6.61 Å². The molecule has 0 aliphatic heterocycles. The van der Waals surface area contributed by atoms with E-state index in [0.717, 1.165) is 5.56 Å². The van der Waals surface area contributed by atoms with Crippen LogP contribution in [0.2, 0.25) is 0 Å². The molecule has 0 aliphatic rings. The number of guanidine groups is 1. The van der Waals surface area contributed by atoms with Crippen LogP contribution in [-0.2, 0) is 11.3 Å². The van der Waals surface area contributed by atoms with Crippen molar-refractivity contribution in [1.29, 1.82) is 0 Å². The average Bonchev–Trinajstić information content (AvgIpc) is 2.52. The van der Waals surface area contributed by atoms with Crippen molar-refractivity contribution < 1.29 is 23.0 Å². The molecule has 0 saturated carbocycles. The van der Waals surface area contributed by atoms with E-state index in [0.29, 0.717) is 25.7 Å². The molecule has 0 spiro atoms. The van der Waals surface area contributed by atoms with Crippen molar-refractivity contribution in [3.63, 3.8) is 0 Å². The molecular formula is C16H26F2IN3O3. The summed E-state index contributed by atoms with van der Waals surface area (Å²) in [5, 5.41) is 6.32. The van der Waals surface area contributed by atoms with Gasteiger partial charge in [0.15, 0.2) is 17.5 Å². The molecule has 144 valence electrons. The highest BCUT2D eigenvalue weighted by molar-refractivity contribution is 14.0. The normalized spacial score (nSPS) is 12.4. The zero-order chi connectivity index (χ0) is 17.9. The molecule has 0 radical (unpaired) electrons. The van der Waals surface area contributed by atoms with Crippen LogP contribution in [-0.4, -0.2) is 46.0 Å². The van der Waals surface area contributed by atoms with Crippen LogP contribution in [0.4, 0.5) is 8.78 Å². The number of benzene rings is 1. The number of nitrogens with one attached hydrogen (secondary N) is 2. The lowest BCUT2D eigenvalue weighted by atomic mass is 10.2. The molecule has 0 bridgehead atoms. The van der Waals surface area contributed by atoms with Gasteiger partial charge in [-0.3, -0.25) is 0 Å². The van der Waals surface area contributed by atoms with Crippen LogP contribution in [0.1, 0.15) is 19.4 Å². The molecule has 0 aliphatic carbocycles. The van der Waals surface area contributed by atoms with Crippen LogP contribution in [0, 0.1) is 0 Å². The van der Waals surface area contributed by atoms with Gasteiger partial charge in [-0.2, -0.15) is 8.78 Å². The third kappa shape index (κ3) is 9.05. The summed E-state index contributed by atoms with van der Waals surface area (Å²) in [6.45, 7) is 2.57. The summed E-state index contributed by atoms with van der Waals surface area (Å²) in [4.78, 5) is 4.44. The maximum Gasteiger partial charge on any atom is 0.387 e. The molecule has 0 saturated heterocycles. The molecule has 6 nitrogen and oxygen atoms in total. The first-order valence-electron chi connectivity index (χ1n) is 7.65. The molecule has 25 heavy (non-hydrogen) atoms. The molecule has 9 heteroatoms. The zero-order valence-corrected chi connectivity index (χ0v) is 17.2. The highest BCUT2D eigenvalue weighted by atomic mass is 127. The zero-order valence-electron chi connectivity index (χ0n) is 14.8. The summed E-state index contributed by atoms with van der Waals surface area (Å²) in [5.41, 5.74) is 0.725. The second kappa shape index (κ2) is 12.9. The Morgan fingerprint density at radius 2 is 1.96 bits per heavy atom. The first-order chi connectivity index (χ1) is 11.5. The Morgan fingerprint density at radius 3 is 2.52 bits per heavy atom. The Balaban J connectivity index is 0.00000576. The molecule has 2 N–H and O–H groups in total. The van der Waals surface area contributed by atoms with E-state index >= 15 is 0 Å². The molecule has 0 fully saturated rings. The van der Waals surface area contributed by atoms with Crippen molar-refractivity contribution >= 4 is 29.9 Å². The number of hydrogen-bond acceptors (Lipinski definition) is 4. The maximum atomic E-state index is 12.5. The molecule has 0 amide bonds. The van der Waals surface area contributed by atoms with Gasteiger partial charge in [0.25, 0.3) is 0 Å². The number of rotatable bonds is 9. The monoisotopic (exact) mass is 473 g/mol. The molecular weight excluding hydrogens is 447 g/mol. The van der Waals surface area contributed by atoms with Crippen LogP contribution >= 0.6 is 24.0 Å². The minimum atomic E-state index is -2.91. The molecule has 1 aromatic carbocycles. The summed E-state index contributed by atoms with van der Waals surface area (Å²) in [7, 11) is 3.03. The van der Waals surface area contributed by atoms with E-state index in [2.05, 4.69) is 20.4 Å². The van der Waals surface area contributed by atoms with Crippen molar-refractivity contribution in [1.82, 2.24) is 10.6 Å². The second-order valence-corrected chi connectivity index (χ2v) is 5.06. The maximum absolute atomic E-state index is 12.5. The molecule has 0 aromatic heterocycles. The average molecular weight is 473 g/mol. The molecule has 1 rings (SSSR count). The van der Waals surface area contributed by atoms with Crippen molar-refractivity contribution in [2.45, 2.75) is 33.0 Å². The number of halogens is 3. The van der Waals surface area contributed by atoms with Gasteiger partial charge < -0.3 is 24.8 Å². The van der Waals surface area contributed by atoms with E-state index < -0.39 is 6.61 Å². The summed E-state index contributed by atoms with van der Waals surface area (Å²) in [6.07, 6.45) is 0. The summed E-state index contributed by atoms with van der Waals surface area (Å²) in [5.74, 6) is 0.863. The standard InChI is InChI=1S/C16H25F2N3O3.HI/c1-5-19-16(21-11(2)10-22-3)20-9-12-6-7-13(23-4)14(8-12)24-15(17)18;/h6-8,11,15H,5,9-10H2,1-4H3,(H2,19,20,21);1H. The Labute approximate surface area is 164 Å². The van der Waals surface area contributed by atoms with Gasteiger partial charge in [-0.1, -0.05) is 6.07 Å². The van der Waals surface area contributed by atoms with Gasteiger partial charge in [0.1, 0.15) is 0 Å². The lowest BCUT2D eigenvalue weighted by molar-refractivity contribution is -0.0512. The Hall–Kier alpha value is -1.36. The number of ether oxygens (including phenoxy) is 3. The summed E-state index contributed by atoms with van der Waals surface area (Å²) in [6, 6.07) is 4.91. The third-order valence-electron chi connectivity index (χ3n) is 3.01. The lowest BCUT2D eigenvalue weighted by Gasteiger charge is -2.17. The van der Waals surface area contributed by atoms with E-state index in [-0.39, 0.29) is 41.5 Å². The van der Waals surface area contributed by atoms with E-state index in [4.69, 9.17) is 9.47 Å². The van der Waals surface area contributed by atoms with E-state index in [1.54, 1.807) is 19.2 Å². The van der Waals surface area contributed by atoms with Gasteiger partial charge in [0.05, 0.1) is 20.3 Å². The van der Waals surface area contributed by atoms with Crippen LogP contribution in [0.25, 0.3) is 0 Å². The first-order valence-corrected chi connectivity index (χ1v) is 7.65.